The van der Waals surface area contributed by atoms with E-state index in [1.165, 1.54) is 12.4 Å². The van der Waals surface area contributed by atoms with Gasteiger partial charge in [0.2, 0.25) is 0 Å². The number of aromatic nitrogens is 2. The van der Waals surface area contributed by atoms with Crippen LogP contribution < -0.4 is 0 Å². The summed E-state index contributed by atoms with van der Waals surface area (Å²) < 4.78 is 4.82. The standard InChI is InChI=1S/C7H4N2O2/c10-4-6-2-8-1-5-3-9-11-7(5)6/h1-4H. The number of hydrogen-bond acceptors (Lipinski definition) is 4. The fourth-order valence-electron chi connectivity index (χ4n) is 0.899. The maximum absolute atomic E-state index is 10.4. The minimum Gasteiger partial charge on any atom is -0.355 e. The summed E-state index contributed by atoms with van der Waals surface area (Å²) in [4.78, 5) is 14.2. The van der Waals surface area contributed by atoms with Gasteiger partial charge in [0.15, 0.2) is 11.9 Å². The summed E-state index contributed by atoms with van der Waals surface area (Å²) in [6.07, 6.45) is 5.26. The predicted molar refractivity (Wildman–Crippen MR) is 37.2 cm³/mol. The Morgan fingerprint density at radius 1 is 1.36 bits per heavy atom. The van der Waals surface area contributed by atoms with Crippen molar-refractivity contribution in [3.05, 3.63) is 24.2 Å². The first-order valence-corrected chi connectivity index (χ1v) is 3.05. The predicted octanol–water partition coefficient (Wildman–Crippen LogP) is 1.04. The minimum atomic E-state index is 0.431. The van der Waals surface area contributed by atoms with Gasteiger partial charge >= 0.3 is 0 Å². The van der Waals surface area contributed by atoms with E-state index in [1.807, 2.05) is 0 Å². The van der Waals surface area contributed by atoms with Crippen molar-refractivity contribution in [1.82, 2.24) is 10.1 Å². The van der Waals surface area contributed by atoms with Gasteiger partial charge in [-0.05, 0) is 0 Å². The Hall–Kier alpha value is -1.71. The summed E-state index contributed by atoms with van der Waals surface area (Å²) in [6.45, 7) is 0. The molecule has 2 rings (SSSR count). The highest BCUT2D eigenvalue weighted by Gasteiger charge is 2.03. The van der Waals surface area contributed by atoms with E-state index in [-0.39, 0.29) is 0 Å². The van der Waals surface area contributed by atoms with Crippen LogP contribution in [0.1, 0.15) is 10.4 Å². The SMILES string of the molecule is O=Cc1cncc2cnoc12. The lowest BCUT2D eigenvalue weighted by molar-refractivity contribution is 0.112. The first kappa shape index (κ1) is 6.03. The normalized spacial score (nSPS) is 10.2. The van der Waals surface area contributed by atoms with Crippen LogP contribution in [-0.2, 0) is 0 Å². The summed E-state index contributed by atoms with van der Waals surface area (Å²) in [5.41, 5.74) is 0.926. The summed E-state index contributed by atoms with van der Waals surface area (Å²) in [6, 6.07) is 0. The van der Waals surface area contributed by atoms with Gasteiger partial charge in [-0.15, -0.1) is 0 Å². The first-order chi connectivity index (χ1) is 5.42. The van der Waals surface area contributed by atoms with Crippen molar-refractivity contribution in [2.24, 2.45) is 0 Å². The van der Waals surface area contributed by atoms with Crippen molar-refractivity contribution in [3.63, 3.8) is 0 Å². The van der Waals surface area contributed by atoms with E-state index < -0.39 is 0 Å². The molecule has 2 heterocycles. The molecule has 54 valence electrons. The maximum atomic E-state index is 10.4. The van der Waals surface area contributed by atoms with Crippen LogP contribution in [0.4, 0.5) is 0 Å². The van der Waals surface area contributed by atoms with E-state index >= 15 is 0 Å². The van der Waals surface area contributed by atoms with Crippen LogP contribution in [-0.4, -0.2) is 16.4 Å². The number of hydrogen-bond donors (Lipinski definition) is 0. The maximum Gasteiger partial charge on any atom is 0.180 e. The minimum absolute atomic E-state index is 0.431. The zero-order valence-electron chi connectivity index (χ0n) is 5.52. The number of carbonyl (C=O) groups is 1. The summed E-state index contributed by atoms with van der Waals surface area (Å²) in [7, 11) is 0. The second kappa shape index (κ2) is 2.16. The molecule has 0 unspecified atom stereocenters. The molecule has 0 saturated carbocycles. The van der Waals surface area contributed by atoms with Crippen LogP contribution in [0, 0.1) is 0 Å². The highest BCUT2D eigenvalue weighted by Crippen LogP contribution is 2.13. The number of carbonyl (C=O) groups excluding carboxylic acids is 1. The van der Waals surface area contributed by atoms with Crippen LogP contribution in [0.15, 0.2) is 23.1 Å². The Labute approximate surface area is 61.8 Å². The molecule has 0 spiro atoms. The summed E-state index contributed by atoms with van der Waals surface area (Å²) >= 11 is 0. The van der Waals surface area contributed by atoms with Gasteiger partial charge in [0.05, 0.1) is 17.1 Å². The molecule has 0 radical (unpaired) electrons. The second-order valence-corrected chi connectivity index (χ2v) is 2.09. The molecule has 0 amide bonds. The van der Waals surface area contributed by atoms with Gasteiger partial charge in [0.1, 0.15) is 0 Å². The third-order valence-electron chi connectivity index (χ3n) is 1.41. The molecule has 0 N–H and O–H groups in total. The fourth-order valence-corrected chi connectivity index (χ4v) is 0.899. The zero-order valence-corrected chi connectivity index (χ0v) is 5.52. The number of fused-ring (bicyclic) bond motifs is 1. The average molecular weight is 148 g/mol. The van der Waals surface area contributed by atoms with Gasteiger partial charge in [-0.25, -0.2) is 0 Å². The molecule has 0 aliphatic carbocycles. The van der Waals surface area contributed by atoms with E-state index in [9.17, 15) is 4.79 Å². The molecule has 0 atom stereocenters. The lowest BCUT2D eigenvalue weighted by Gasteiger charge is -1.87. The summed E-state index contributed by atoms with van der Waals surface area (Å²) in [5, 5.41) is 4.28. The molecule has 4 heteroatoms. The third kappa shape index (κ3) is 0.797. The van der Waals surface area contributed by atoms with Crippen LogP contribution in [0.5, 0.6) is 0 Å². The average Bonchev–Trinajstić information content (AvgIpc) is 2.50. The summed E-state index contributed by atoms with van der Waals surface area (Å²) in [5.74, 6) is 0. The molecule has 11 heavy (non-hydrogen) atoms. The van der Waals surface area contributed by atoms with Crippen LogP contribution in [0.25, 0.3) is 11.0 Å². The molecule has 0 aliphatic rings. The van der Waals surface area contributed by atoms with E-state index in [0.29, 0.717) is 17.4 Å². The Kier molecular flexibility index (Phi) is 1.18. The zero-order chi connectivity index (χ0) is 7.68. The van der Waals surface area contributed by atoms with Crippen molar-refractivity contribution in [3.8, 4) is 0 Å². The quantitative estimate of drug-likeness (QED) is 0.567. The number of nitrogens with zero attached hydrogens (tertiary/aromatic N) is 2. The highest BCUT2D eigenvalue weighted by atomic mass is 16.5. The molecule has 4 nitrogen and oxygen atoms in total. The third-order valence-corrected chi connectivity index (χ3v) is 1.41. The van der Waals surface area contributed by atoms with Crippen LogP contribution >= 0.6 is 0 Å². The van der Waals surface area contributed by atoms with Gasteiger partial charge in [-0.3, -0.25) is 9.78 Å². The Morgan fingerprint density at radius 2 is 2.27 bits per heavy atom. The fraction of sp³-hybridized carbons (Fsp3) is 0. The van der Waals surface area contributed by atoms with E-state index in [2.05, 4.69) is 10.1 Å². The van der Waals surface area contributed by atoms with Crippen LogP contribution in [0.2, 0.25) is 0 Å². The molecular weight excluding hydrogens is 144 g/mol. The van der Waals surface area contributed by atoms with Crippen molar-refractivity contribution < 1.29 is 9.32 Å². The Morgan fingerprint density at radius 3 is 3.09 bits per heavy atom. The smallest absolute Gasteiger partial charge is 0.180 e. The molecule has 0 bridgehead atoms. The van der Waals surface area contributed by atoms with Crippen molar-refractivity contribution in [1.29, 1.82) is 0 Å². The number of pyridine rings is 1. The van der Waals surface area contributed by atoms with Gasteiger partial charge in [-0.1, -0.05) is 5.16 Å². The van der Waals surface area contributed by atoms with E-state index in [1.54, 1.807) is 6.20 Å². The largest absolute Gasteiger partial charge is 0.355 e. The Bertz CT molecular complexity index is 394. The van der Waals surface area contributed by atoms with E-state index in [4.69, 9.17) is 4.52 Å². The van der Waals surface area contributed by atoms with Crippen LogP contribution in [0.3, 0.4) is 0 Å². The van der Waals surface area contributed by atoms with Gasteiger partial charge in [0.25, 0.3) is 0 Å². The molecule has 2 aromatic rings. The number of aldehydes is 1. The molecule has 0 fully saturated rings. The molecular formula is C7H4N2O2. The van der Waals surface area contributed by atoms with Gasteiger partial charge in [-0.2, -0.15) is 0 Å². The first-order valence-electron chi connectivity index (χ1n) is 3.05. The lowest BCUT2D eigenvalue weighted by Crippen LogP contribution is -1.81. The number of rotatable bonds is 1. The van der Waals surface area contributed by atoms with Crippen molar-refractivity contribution in [2.75, 3.05) is 0 Å². The van der Waals surface area contributed by atoms with Gasteiger partial charge < -0.3 is 4.52 Å². The molecule has 0 aliphatic heterocycles. The topological polar surface area (TPSA) is 56.0 Å². The van der Waals surface area contributed by atoms with Crippen molar-refractivity contribution >= 4 is 17.3 Å². The van der Waals surface area contributed by atoms with E-state index in [0.717, 1.165) is 5.39 Å². The lowest BCUT2D eigenvalue weighted by atomic mass is 10.2. The molecule has 0 saturated heterocycles. The van der Waals surface area contributed by atoms with Crippen molar-refractivity contribution in [2.45, 2.75) is 0 Å². The molecule has 2 aromatic heterocycles. The Balaban J connectivity index is 2.88. The van der Waals surface area contributed by atoms with Gasteiger partial charge in [0, 0.05) is 12.4 Å². The second-order valence-electron chi connectivity index (χ2n) is 2.09. The highest BCUT2D eigenvalue weighted by molar-refractivity contribution is 5.92. The molecule has 0 aromatic carbocycles. The monoisotopic (exact) mass is 148 g/mol.